The zero-order valence-electron chi connectivity index (χ0n) is 5.26. The Balaban J connectivity index is 4.85. The van der Waals surface area contributed by atoms with Crippen LogP contribution in [0.25, 0.3) is 0 Å². The molecule has 0 amide bonds. The van der Waals surface area contributed by atoms with Crippen molar-refractivity contribution in [2.75, 3.05) is 6.67 Å². The second-order valence-corrected chi connectivity index (χ2v) is 12.4. The van der Waals surface area contributed by atoms with Crippen molar-refractivity contribution in [3.63, 3.8) is 0 Å². The van der Waals surface area contributed by atoms with Crippen LogP contribution in [0.2, 0.25) is 0 Å². The fourth-order valence-electron chi connectivity index (χ4n) is 0.297. The Kier molecular flexibility index (Phi) is 5.83. The lowest BCUT2D eigenvalue weighted by Gasteiger charge is -2.36. The van der Waals surface area contributed by atoms with Gasteiger partial charge in [0.05, 0.1) is 0 Å². The van der Waals surface area contributed by atoms with Gasteiger partial charge in [-0.3, -0.25) is 0 Å². The molecule has 0 fully saturated rings. The average molecular weight is 564 g/mol. The maximum Gasteiger partial charge on any atom is 0.239 e. The second kappa shape index (κ2) is 4.74. The molecule has 0 spiro atoms. The molecule has 0 N–H and O–H groups in total. The Morgan fingerprint density at radius 2 is 1.33 bits per heavy atom. The van der Waals surface area contributed by atoms with Gasteiger partial charge in [-0.05, 0) is 31.9 Å². The zero-order chi connectivity index (χ0) is 10.2. The van der Waals surface area contributed by atoms with Crippen LogP contribution < -0.4 is 0 Å². The van der Waals surface area contributed by atoms with Crippen LogP contribution in [-0.2, 0) is 5.11 Å². The van der Waals surface area contributed by atoms with E-state index in [9.17, 15) is 9.50 Å². The van der Waals surface area contributed by atoms with E-state index in [2.05, 4.69) is 95.6 Å². The lowest BCUT2D eigenvalue weighted by molar-refractivity contribution is 0.135. The van der Waals surface area contributed by atoms with Gasteiger partial charge in [0.1, 0.15) is 9.91 Å². The molecule has 0 saturated heterocycles. The molecule has 0 saturated carbocycles. The highest BCUT2D eigenvalue weighted by atomic mass is 79.9. The van der Waals surface area contributed by atoms with E-state index in [4.69, 9.17) is 0 Å². The largest absolute Gasteiger partial charge is 0.249 e. The van der Waals surface area contributed by atoms with Gasteiger partial charge in [0.2, 0.25) is 3.42 Å². The number of halogens is 7. The summed E-state index contributed by atoms with van der Waals surface area (Å²) in [6.07, 6.45) is 0. The van der Waals surface area contributed by atoms with Crippen molar-refractivity contribution in [3.05, 3.63) is 0 Å². The standard InChI is InChI=1S/C4H2Br6FO/c5-2(6,1-11)3(7,8)4(9,10)12/h1H2. The van der Waals surface area contributed by atoms with E-state index >= 15 is 0 Å². The second-order valence-electron chi connectivity index (χ2n) is 1.93. The van der Waals surface area contributed by atoms with Crippen LogP contribution in [0.3, 0.4) is 0 Å². The predicted octanol–water partition coefficient (Wildman–Crippen LogP) is 4.80. The molecular weight excluding hydrogens is 562 g/mol. The van der Waals surface area contributed by atoms with E-state index < -0.39 is 16.6 Å². The van der Waals surface area contributed by atoms with Gasteiger partial charge in [0.15, 0.2) is 3.23 Å². The summed E-state index contributed by atoms with van der Waals surface area (Å²) in [4.78, 5) is 0. The monoisotopic (exact) mass is 559 g/mol. The molecular formula is C4H2Br6FO. The van der Waals surface area contributed by atoms with Gasteiger partial charge >= 0.3 is 0 Å². The molecule has 1 nitrogen and oxygen atoms in total. The van der Waals surface area contributed by atoms with Crippen molar-refractivity contribution in [1.29, 1.82) is 0 Å². The van der Waals surface area contributed by atoms with E-state index in [0.717, 1.165) is 0 Å². The number of alkyl halides is 7. The van der Waals surface area contributed by atoms with Crippen molar-refractivity contribution >= 4 is 95.6 Å². The van der Waals surface area contributed by atoms with Crippen molar-refractivity contribution in [1.82, 2.24) is 0 Å². The molecule has 0 aliphatic carbocycles. The quantitative estimate of drug-likeness (QED) is 0.439. The fourth-order valence-corrected chi connectivity index (χ4v) is 2.81. The molecule has 1 radical (unpaired) electrons. The Bertz CT molecular complexity index is 163. The Hall–Kier alpha value is 2.77. The fraction of sp³-hybridized carbons (Fsp3) is 1.00. The van der Waals surface area contributed by atoms with Gasteiger partial charge < -0.3 is 0 Å². The summed E-state index contributed by atoms with van der Waals surface area (Å²) in [5, 5.41) is 11.4. The molecule has 0 aliphatic heterocycles. The van der Waals surface area contributed by atoms with Gasteiger partial charge in [0.25, 0.3) is 0 Å². The highest BCUT2D eigenvalue weighted by Gasteiger charge is 2.58. The molecule has 0 bridgehead atoms. The zero-order valence-corrected chi connectivity index (χ0v) is 14.8. The molecule has 0 aromatic rings. The third kappa shape index (κ3) is 3.13. The normalized spacial score (nSPS) is 15.0. The lowest BCUT2D eigenvalue weighted by Crippen LogP contribution is -2.48. The van der Waals surface area contributed by atoms with E-state index in [-0.39, 0.29) is 0 Å². The van der Waals surface area contributed by atoms with Crippen LogP contribution in [0.1, 0.15) is 0 Å². The number of hydrogen-bond acceptors (Lipinski definition) is 0. The molecule has 0 heterocycles. The van der Waals surface area contributed by atoms with Crippen LogP contribution in [0.5, 0.6) is 0 Å². The molecule has 0 unspecified atom stereocenters. The van der Waals surface area contributed by atoms with E-state index in [1.807, 2.05) is 0 Å². The summed E-state index contributed by atoms with van der Waals surface area (Å²) in [5.74, 6) is 0. The predicted molar refractivity (Wildman–Crippen MR) is 68.4 cm³/mol. The molecule has 0 aromatic heterocycles. The molecule has 0 rings (SSSR count). The number of rotatable bonds is 3. The van der Waals surface area contributed by atoms with E-state index in [1.54, 1.807) is 0 Å². The molecule has 0 aromatic carbocycles. The molecule has 0 aliphatic rings. The summed E-state index contributed by atoms with van der Waals surface area (Å²) >= 11 is 17.8. The highest BCUT2D eigenvalue weighted by molar-refractivity contribution is 9.33. The van der Waals surface area contributed by atoms with Crippen LogP contribution >= 0.6 is 95.6 Å². The van der Waals surface area contributed by atoms with Gasteiger partial charge in [-0.15, -0.1) is 0 Å². The van der Waals surface area contributed by atoms with Crippen LogP contribution in [-0.4, -0.2) is 16.6 Å². The SMILES string of the molecule is [O]C(Br)(Br)C(Br)(Br)C(Br)(Br)CF. The maximum absolute atomic E-state index is 12.5. The van der Waals surface area contributed by atoms with Crippen molar-refractivity contribution in [2.24, 2.45) is 0 Å². The first-order valence-corrected chi connectivity index (χ1v) is 7.22. The van der Waals surface area contributed by atoms with E-state index in [0.29, 0.717) is 0 Å². The first-order chi connectivity index (χ1) is 5.06. The summed E-state index contributed by atoms with van der Waals surface area (Å²) in [7, 11) is 0. The van der Waals surface area contributed by atoms with Gasteiger partial charge in [-0.1, -0.05) is 63.7 Å². The van der Waals surface area contributed by atoms with Crippen LogP contribution in [0, 0.1) is 0 Å². The number of hydrogen-bond donors (Lipinski definition) is 0. The molecule has 12 heavy (non-hydrogen) atoms. The Morgan fingerprint density at radius 3 is 1.42 bits per heavy atom. The molecule has 0 atom stereocenters. The smallest absolute Gasteiger partial charge is 0.239 e. The minimum Gasteiger partial charge on any atom is -0.249 e. The highest BCUT2D eigenvalue weighted by Crippen LogP contribution is 2.59. The van der Waals surface area contributed by atoms with Gasteiger partial charge in [-0.25, -0.2) is 9.50 Å². The minimum atomic E-state index is -1.74. The summed E-state index contributed by atoms with van der Waals surface area (Å²) in [6, 6.07) is 0. The van der Waals surface area contributed by atoms with Crippen LogP contribution in [0.15, 0.2) is 0 Å². The van der Waals surface area contributed by atoms with Crippen LogP contribution in [0.4, 0.5) is 4.39 Å². The lowest BCUT2D eigenvalue weighted by atomic mass is 10.3. The first kappa shape index (κ1) is 14.8. The Morgan fingerprint density at radius 1 is 1.00 bits per heavy atom. The summed E-state index contributed by atoms with van der Waals surface area (Å²) in [5.41, 5.74) is 0. The van der Waals surface area contributed by atoms with Gasteiger partial charge in [0, 0.05) is 0 Å². The van der Waals surface area contributed by atoms with Crippen molar-refractivity contribution in [2.45, 2.75) is 9.89 Å². The Labute approximate surface area is 120 Å². The van der Waals surface area contributed by atoms with E-state index in [1.165, 1.54) is 0 Å². The minimum absolute atomic E-state index is 0.773. The summed E-state index contributed by atoms with van der Waals surface area (Å²) in [6.45, 7) is -0.773. The first-order valence-electron chi connectivity index (χ1n) is 2.46. The topological polar surface area (TPSA) is 19.9 Å². The summed E-state index contributed by atoms with van der Waals surface area (Å²) < 4.78 is 8.27. The third-order valence-electron chi connectivity index (χ3n) is 0.993. The van der Waals surface area contributed by atoms with Crippen molar-refractivity contribution in [3.8, 4) is 0 Å². The third-order valence-corrected chi connectivity index (χ3v) is 10.5. The molecule has 73 valence electrons. The van der Waals surface area contributed by atoms with Gasteiger partial charge in [-0.2, -0.15) is 0 Å². The molecule has 8 heteroatoms. The maximum atomic E-state index is 12.5. The average Bonchev–Trinajstić information content (AvgIpc) is 1.85. The van der Waals surface area contributed by atoms with Crippen molar-refractivity contribution < 1.29 is 9.50 Å².